The second kappa shape index (κ2) is 5.93. The molecule has 2 heterocycles. The summed E-state index contributed by atoms with van der Waals surface area (Å²) in [6, 6.07) is 0.270. The van der Waals surface area contributed by atoms with E-state index in [2.05, 4.69) is 20.7 Å². The Kier molecular flexibility index (Phi) is 4.01. The summed E-state index contributed by atoms with van der Waals surface area (Å²) >= 11 is 0. The second-order valence-electron chi connectivity index (χ2n) is 5.88. The minimum Gasteiger partial charge on any atom is -0.315 e. The van der Waals surface area contributed by atoms with E-state index in [1.54, 1.807) is 17.9 Å². The Labute approximate surface area is 123 Å². The molecule has 1 saturated carbocycles. The molecule has 7 nitrogen and oxygen atoms in total. The van der Waals surface area contributed by atoms with Crippen LogP contribution in [0.25, 0.3) is 11.0 Å². The van der Waals surface area contributed by atoms with Gasteiger partial charge in [0.2, 0.25) is 0 Å². The summed E-state index contributed by atoms with van der Waals surface area (Å²) in [5.74, 6) is 0.613. The Morgan fingerprint density at radius 1 is 1.38 bits per heavy atom. The second-order valence-corrected chi connectivity index (χ2v) is 5.88. The topological polar surface area (TPSA) is 77.6 Å². The normalized spacial score (nSPS) is 18.2. The number of nitrogens with zero attached hydrogens (tertiary/aromatic N) is 5. The average Bonchev–Trinajstić information content (AvgIpc) is 2.90. The van der Waals surface area contributed by atoms with Crippen LogP contribution in [0.15, 0.2) is 11.0 Å². The summed E-state index contributed by atoms with van der Waals surface area (Å²) < 4.78 is 3.05. The van der Waals surface area contributed by atoms with E-state index >= 15 is 0 Å². The summed E-state index contributed by atoms with van der Waals surface area (Å²) in [4.78, 5) is 12.5. The zero-order valence-electron chi connectivity index (χ0n) is 12.6. The highest BCUT2D eigenvalue weighted by atomic mass is 16.1. The lowest BCUT2D eigenvalue weighted by molar-refractivity contribution is 0.248. The number of likely N-dealkylation sites (N-methyl/N-ethyl adjacent to an activating group) is 1. The quantitative estimate of drug-likeness (QED) is 0.896. The van der Waals surface area contributed by atoms with Crippen molar-refractivity contribution in [1.82, 2.24) is 30.1 Å². The first-order chi connectivity index (χ1) is 10.2. The van der Waals surface area contributed by atoms with Crippen LogP contribution in [0.5, 0.6) is 0 Å². The molecule has 0 amide bonds. The summed E-state index contributed by atoms with van der Waals surface area (Å²) in [6.45, 7) is 0.567. The molecule has 0 aliphatic heterocycles. The molecule has 1 unspecified atom stereocenters. The van der Waals surface area contributed by atoms with Crippen molar-refractivity contribution < 1.29 is 0 Å². The van der Waals surface area contributed by atoms with Gasteiger partial charge in [-0.25, -0.2) is 9.36 Å². The third kappa shape index (κ3) is 2.70. The third-order valence-electron chi connectivity index (χ3n) is 4.58. The Balaban J connectivity index is 1.86. The van der Waals surface area contributed by atoms with E-state index in [-0.39, 0.29) is 11.6 Å². The number of aromatic nitrogens is 5. The van der Waals surface area contributed by atoms with E-state index in [0.717, 1.165) is 0 Å². The number of nitrogens with one attached hydrogen (secondary N) is 1. The fraction of sp³-hybridized carbons (Fsp3) is 0.714. The van der Waals surface area contributed by atoms with Gasteiger partial charge in [-0.15, -0.1) is 5.10 Å². The van der Waals surface area contributed by atoms with E-state index < -0.39 is 0 Å². The molecule has 0 spiro atoms. The minimum atomic E-state index is -0.107. The van der Waals surface area contributed by atoms with Crippen LogP contribution in [-0.4, -0.2) is 37.9 Å². The van der Waals surface area contributed by atoms with Crippen molar-refractivity contribution in [2.24, 2.45) is 13.0 Å². The minimum absolute atomic E-state index is 0.107. The van der Waals surface area contributed by atoms with Gasteiger partial charge in [0.25, 0.3) is 5.56 Å². The highest BCUT2D eigenvalue weighted by Crippen LogP contribution is 2.26. The molecular weight excluding hydrogens is 268 g/mol. The Hall–Kier alpha value is -1.76. The van der Waals surface area contributed by atoms with Crippen molar-refractivity contribution in [3.05, 3.63) is 16.6 Å². The molecule has 1 aliphatic rings. The van der Waals surface area contributed by atoms with E-state index in [4.69, 9.17) is 0 Å². The van der Waals surface area contributed by atoms with Crippen molar-refractivity contribution in [3.63, 3.8) is 0 Å². The van der Waals surface area contributed by atoms with Gasteiger partial charge in [0.05, 0.1) is 12.7 Å². The van der Waals surface area contributed by atoms with E-state index in [0.29, 0.717) is 23.5 Å². The molecule has 2 aromatic rings. The predicted octanol–water partition coefficient (Wildman–Crippen LogP) is 0.693. The van der Waals surface area contributed by atoms with Crippen LogP contribution in [0.2, 0.25) is 0 Å². The number of hydrogen-bond donors (Lipinski definition) is 1. The molecule has 1 aliphatic carbocycles. The van der Waals surface area contributed by atoms with Crippen molar-refractivity contribution in [3.8, 4) is 0 Å². The number of aryl methyl sites for hydroxylation is 1. The molecular formula is C14H22N6O. The van der Waals surface area contributed by atoms with Gasteiger partial charge in [-0.05, 0) is 25.8 Å². The lowest BCUT2D eigenvalue weighted by Crippen LogP contribution is -2.41. The van der Waals surface area contributed by atoms with Gasteiger partial charge in [-0.1, -0.05) is 24.5 Å². The number of fused-ring (bicyclic) bond motifs is 1. The van der Waals surface area contributed by atoms with Gasteiger partial charge in [-0.3, -0.25) is 4.79 Å². The van der Waals surface area contributed by atoms with Crippen molar-refractivity contribution in [2.45, 2.75) is 44.7 Å². The number of hydrogen-bond acceptors (Lipinski definition) is 5. The molecule has 0 saturated heterocycles. The molecule has 1 atom stereocenters. The molecule has 0 aromatic carbocycles. The summed E-state index contributed by atoms with van der Waals surface area (Å²) in [5.41, 5.74) is 0.430. The van der Waals surface area contributed by atoms with Gasteiger partial charge in [0.15, 0.2) is 5.65 Å². The summed E-state index contributed by atoms with van der Waals surface area (Å²) in [7, 11) is 3.72. The average molecular weight is 290 g/mol. The van der Waals surface area contributed by atoms with Crippen LogP contribution in [0.3, 0.4) is 0 Å². The predicted molar refractivity (Wildman–Crippen MR) is 80.0 cm³/mol. The summed E-state index contributed by atoms with van der Waals surface area (Å²) in [6.07, 6.45) is 7.91. The van der Waals surface area contributed by atoms with Gasteiger partial charge in [-0.2, -0.15) is 5.10 Å². The maximum Gasteiger partial charge on any atom is 0.280 e. The highest BCUT2D eigenvalue weighted by Gasteiger charge is 2.24. The number of rotatable bonds is 4. The van der Waals surface area contributed by atoms with Crippen LogP contribution in [0.1, 0.15) is 32.1 Å². The standard InChI is InChI=1S/C14H22N6O/c1-15-12(10-6-4-3-5-7-10)9-20-14(21)11-8-16-19(2)13(11)17-18-20/h8,10,12,15H,3-7,9H2,1-2H3. The van der Waals surface area contributed by atoms with E-state index in [1.165, 1.54) is 36.8 Å². The first kappa shape index (κ1) is 14.2. The smallest absolute Gasteiger partial charge is 0.280 e. The summed E-state index contributed by atoms with van der Waals surface area (Å²) in [5, 5.41) is 16.2. The first-order valence-electron chi connectivity index (χ1n) is 7.63. The first-order valence-corrected chi connectivity index (χ1v) is 7.63. The van der Waals surface area contributed by atoms with Crippen molar-refractivity contribution in [2.75, 3.05) is 7.05 Å². The third-order valence-corrected chi connectivity index (χ3v) is 4.58. The zero-order valence-corrected chi connectivity index (χ0v) is 12.6. The molecule has 21 heavy (non-hydrogen) atoms. The van der Waals surface area contributed by atoms with Gasteiger partial charge >= 0.3 is 0 Å². The van der Waals surface area contributed by atoms with Crippen LogP contribution in [-0.2, 0) is 13.6 Å². The zero-order chi connectivity index (χ0) is 14.8. The maximum atomic E-state index is 12.5. The maximum absolute atomic E-state index is 12.5. The van der Waals surface area contributed by atoms with Gasteiger partial charge < -0.3 is 5.32 Å². The van der Waals surface area contributed by atoms with E-state index in [9.17, 15) is 4.79 Å². The lowest BCUT2D eigenvalue weighted by Gasteiger charge is -2.29. The molecule has 0 bridgehead atoms. The Morgan fingerprint density at radius 2 is 2.14 bits per heavy atom. The van der Waals surface area contributed by atoms with Gasteiger partial charge in [0, 0.05) is 13.1 Å². The van der Waals surface area contributed by atoms with Gasteiger partial charge in [0.1, 0.15) is 5.39 Å². The Morgan fingerprint density at radius 3 is 2.86 bits per heavy atom. The van der Waals surface area contributed by atoms with Crippen molar-refractivity contribution in [1.29, 1.82) is 0 Å². The fourth-order valence-electron chi connectivity index (χ4n) is 3.29. The largest absolute Gasteiger partial charge is 0.315 e. The van der Waals surface area contributed by atoms with Crippen LogP contribution < -0.4 is 10.9 Å². The lowest BCUT2D eigenvalue weighted by atomic mass is 9.84. The molecule has 0 radical (unpaired) electrons. The van der Waals surface area contributed by atoms with E-state index in [1.807, 2.05) is 7.05 Å². The van der Waals surface area contributed by atoms with Crippen LogP contribution >= 0.6 is 0 Å². The molecule has 3 rings (SSSR count). The molecule has 2 aromatic heterocycles. The highest BCUT2D eigenvalue weighted by molar-refractivity contribution is 5.72. The SMILES string of the molecule is CNC(Cn1nnc2c(cnn2C)c1=O)C1CCCCC1. The van der Waals surface area contributed by atoms with Crippen LogP contribution in [0, 0.1) is 5.92 Å². The fourth-order valence-corrected chi connectivity index (χ4v) is 3.29. The van der Waals surface area contributed by atoms with Crippen molar-refractivity contribution >= 4 is 11.0 Å². The molecule has 1 fully saturated rings. The van der Waals surface area contributed by atoms with Crippen LogP contribution in [0.4, 0.5) is 0 Å². The molecule has 114 valence electrons. The monoisotopic (exact) mass is 290 g/mol. The molecule has 1 N–H and O–H groups in total. The Bertz CT molecular complexity index is 670. The molecule has 7 heteroatoms.